The van der Waals surface area contributed by atoms with Gasteiger partial charge in [-0.05, 0) is 31.7 Å². The summed E-state index contributed by atoms with van der Waals surface area (Å²) in [4.78, 5) is 49.4. The lowest BCUT2D eigenvalue weighted by atomic mass is 10.0. The third-order valence-corrected chi connectivity index (χ3v) is 8.67. The molecule has 3 N–H and O–H groups in total. The second-order valence-corrected chi connectivity index (χ2v) is 11.1. The molecular weight excluding hydrogens is 546 g/mol. The van der Waals surface area contributed by atoms with Crippen LogP contribution in [-0.2, 0) is 25.8 Å². The van der Waals surface area contributed by atoms with Gasteiger partial charge < -0.3 is 25.8 Å². The lowest BCUT2D eigenvalue weighted by Gasteiger charge is -2.50. The molecule has 0 spiro atoms. The number of nitrogens with zero attached hydrogens (tertiary/aromatic N) is 7. The van der Waals surface area contributed by atoms with E-state index in [0.717, 1.165) is 42.9 Å². The largest absolute Gasteiger partial charge is 0.543 e. The number of thioether (sulfide) groups is 1. The molecule has 202 valence electrons. The first kappa shape index (κ1) is 25.2. The second kappa shape index (κ2) is 10.3. The van der Waals surface area contributed by atoms with Gasteiger partial charge in [0.05, 0.1) is 17.9 Å². The first-order valence-corrected chi connectivity index (χ1v) is 14.1. The highest BCUT2D eigenvalue weighted by atomic mass is 32.2. The fraction of sp³-hybridized carbons (Fsp3) is 0.391. The van der Waals surface area contributed by atoms with Gasteiger partial charge in [-0.25, -0.2) is 4.57 Å². The van der Waals surface area contributed by atoms with Crippen molar-refractivity contribution in [2.45, 2.75) is 49.7 Å². The van der Waals surface area contributed by atoms with Gasteiger partial charge in [0.1, 0.15) is 30.3 Å². The van der Waals surface area contributed by atoms with E-state index in [9.17, 15) is 19.5 Å². The smallest absolute Gasteiger partial charge is 0.307 e. The Morgan fingerprint density at radius 3 is 2.90 bits per heavy atom. The predicted octanol–water partition coefficient (Wildman–Crippen LogP) is -1.18. The molecule has 0 bridgehead atoms. The fourth-order valence-electron chi connectivity index (χ4n) is 4.92. The van der Waals surface area contributed by atoms with Crippen molar-refractivity contribution in [3.8, 4) is 0 Å². The number of nitrogen functional groups attached to an aromatic ring is 1. The lowest BCUT2D eigenvalue weighted by molar-refractivity contribution is -0.662. The van der Waals surface area contributed by atoms with Crippen LogP contribution in [0.4, 0.5) is 5.13 Å². The molecule has 0 unspecified atom stereocenters. The molecular formula is C23H23N9O5S2. The van der Waals surface area contributed by atoms with Crippen molar-refractivity contribution in [2.75, 3.05) is 11.5 Å². The summed E-state index contributed by atoms with van der Waals surface area (Å²) in [7, 11) is 0. The molecule has 16 heteroatoms. The van der Waals surface area contributed by atoms with Gasteiger partial charge in [0.25, 0.3) is 11.8 Å². The highest BCUT2D eigenvalue weighted by Crippen LogP contribution is 2.40. The molecule has 2 amide bonds. The zero-order valence-corrected chi connectivity index (χ0v) is 22.1. The minimum atomic E-state index is -1.45. The number of anilines is 1. The van der Waals surface area contributed by atoms with Crippen molar-refractivity contribution in [1.29, 1.82) is 0 Å². The van der Waals surface area contributed by atoms with Gasteiger partial charge in [-0.15, -0.1) is 16.3 Å². The van der Waals surface area contributed by atoms with Crippen LogP contribution in [-0.4, -0.2) is 70.6 Å². The Hall–Kier alpha value is -4.05. The first-order valence-electron chi connectivity index (χ1n) is 12.2. The number of hydrogen-bond acceptors (Lipinski definition) is 12. The summed E-state index contributed by atoms with van der Waals surface area (Å²) in [6.45, 7) is 0.234. The van der Waals surface area contributed by atoms with E-state index in [1.807, 2.05) is 10.6 Å². The van der Waals surface area contributed by atoms with Gasteiger partial charge in [0.15, 0.2) is 11.3 Å². The van der Waals surface area contributed by atoms with Crippen LogP contribution < -0.4 is 20.7 Å². The highest BCUT2D eigenvalue weighted by molar-refractivity contribution is 8.00. The number of aromatic nitrogens is 5. The monoisotopic (exact) mass is 569 g/mol. The lowest BCUT2D eigenvalue weighted by Crippen LogP contribution is -2.71. The Bertz CT molecular complexity index is 1530. The van der Waals surface area contributed by atoms with Gasteiger partial charge in [0.2, 0.25) is 11.5 Å². The average molecular weight is 570 g/mol. The van der Waals surface area contributed by atoms with E-state index in [1.165, 1.54) is 16.7 Å². The van der Waals surface area contributed by atoms with E-state index in [2.05, 4.69) is 24.9 Å². The molecule has 3 aromatic rings. The van der Waals surface area contributed by atoms with Crippen molar-refractivity contribution < 1.29 is 28.9 Å². The van der Waals surface area contributed by atoms with Gasteiger partial charge in [-0.2, -0.15) is 9.36 Å². The Labute approximate surface area is 229 Å². The summed E-state index contributed by atoms with van der Waals surface area (Å²) in [6.07, 6.45) is 8.76. The molecule has 1 saturated carbocycles. The molecule has 1 saturated heterocycles. The molecule has 3 aromatic heterocycles. The molecule has 5 heterocycles. The number of β-lactam (4-membered cyclic amide) rings is 1. The maximum absolute atomic E-state index is 13.2. The van der Waals surface area contributed by atoms with Crippen LogP contribution in [0, 0.1) is 0 Å². The van der Waals surface area contributed by atoms with Crippen LogP contribution in [0.25, 0.3) is 5.65 Å². The molecule has 14 nitrogen and oxygen atoms in total. The number of carboxylic acids is 1. The van der Waals surface area contributed by atoms with Crippen molar-refractivity contribution in [3.05, 3.63) is 47.8 Å². The number of carbonyl (C=O) groups excluding carboxylic acids is 3. The number of amides is 2. The Morgan fingerprint density at radius 2 is 2.15 bits per heavy atom. The van der Waals surface area contributed by atoms with Crippen LogP contribution in [0.3, 0.4) is 0 Å². The quantitative estimate of drug-likeness (QED) is 0.145. The SMILES string of the molecule is Nc1nc(/C(=N/OC2CCCC2)C(=O)N[C@@H]2C(=O)N3C(C(=O)[O-])=C(C[n+]4ccn5ncccc54)CS[C@H]23)ns1. The molecule has 2 atom stereocenters. The Morgan fingerprint density at radius 1 is 1.33 bits per heavy atom. The Kier molecular flexibility index (Phi) is 6.64. The number of oxime groups is 1. The topological polar surface area (TPSA) is 184 Å². The van der Waals surface area contributed by atoms with Crippen LogP contribution in [0.5, 0.6) is 0 Å². The van der Waals surface area contributed by atoms with Gasteiger partial charge >= 0.3 is 5.65 Å². The van der Waals surface area contributed by atoms with Crippen molar-refractivity contribution in [2.24, 2.45) is 5.16 Å². The van der Waals surface area contributed by atoms with Crippen LogP contribution in [0.1, 0.15) is 31.5 Å². The number of hydrogen-bond donors (Lipinski definition) is 2. The summed E-state index contributed by atoms with van der Waals surface area (Å²) < 4.78 is 7.58. The zero-order valence-electron chi connectivity index (χ0n) is 20.4. The maximum atomic E-state index is 13.2. The highest BCUT2D eigenvalue weighted by Gasteiger charge is 2.53. The zero-order chi connectivity index (χ0) is 27.1. The number of carbonyl (C=O) groups is 3. The van der Waals surface area contributed by atoms with Crippen LogP contribution in [0.2, 0.25) is 0 Å². The minimum absolute atomic E-state index is 0.00293. The summed E-state index contributed by atoms with van der Waals surface area (Å²) in [6, 6.07) is 2.66. The summed E-state index contributed by atoms with van der Waals surface area (Å²) in [5, 5.41) is 22.6. The number of rotatable bonds is 8. The molecule has 0 radical (unpaired) electrons. The van der Waals surface area contributed by atoms with E-state index >= 15 is 0 Å². The van der Waals surface area contributed by atoms with E-state index in [-0.39, 0.29) is 35.0 Å². The maximum Gasteiger partial charge on any atom is 0.307 e. The molecule has 39 heavy (non-hydrogen) atoms. The van der Waals surface area contributed by atoms with Crippen molar-refractivity contribution >= 4 is 57.6 Å². The standard InChI is InChI=1S/C23H23N9O5S2/c24-23-27-18(29-39-23)15(28-37-13-4-1-2-5-13)19(33)26-16-20(34)32-17(22(35)36)12(11-38-21(16)32)10-30-8-9-31-14(30)6-3-7-25-31/h3,6-9,13,16,21H,1-2,4-5,10-11H2,(H3-,24,26,27,29,33,35,36)/b28-15-/t16-,21-/m1/s1. The number of carboxylic acid groups (broad SMARTS) is 1. The predicted molar refractivity (Wildman–Crippen MR) is 137 cm³/mol. The van der Waals surface area contributed by atoms with E-state index in [1.54, 1.807) is 29.2 Å². The number of imidazole rings is 1. The second-order valence-electron chi connectivity index (χ2n) is 9.26. The van der Waals surface area contributed by atoms with Gasteiger partial charge in [0, 0.05) is 28.9 Å². The number of fused-ring (bicyclic) bond motifs is 2. The molecule has 6 rings (SSSR count). The van der Waals surface area contributed by atoms with E-state index in [0.29, 0.717) is 11.3 Å². The van der Waals surface area contributed by atoms with Gasteiger partial charge in [-0.3, -0.25) is 14.5 Å². The minimum Gasteiger partial charge on any atom is -0.543 e. The summed E-state index contributed by atoms with van der Waals surface area (Å²) in [5.74, 6) is -2.41. The summed E-state index contributed by atoms with van der Waals surface area (Å²) >= 11 is 2.26. The molecule has 3 aliphatic rings. The summed E-state index contributed by atoms with van der Waals surface area (Å²) in [5.41, 5.74) is 6.61. The third kappa shape index (κ3) is 4.69. The number of nitrogens with two attached hydrogens (primary N) is 1. The van der Waals surface area contributed by atoms with Crippen LogP contribution >= 0.6 is 23.3 Å². The number of aliphatic carboxylic acids is 1. The normalized spacial score (nSPS) is 21.7. The van der Waals surface area contributed by atoms with Crippen molar-refractivity contribution in [3.63, 3.8) is 0 Å². The molecule has 2 fully saturated rings. The van der Waals surface area contributed by atoms with E-state index in [4.69, 9.17) is 10.6 Å². The van der Waals surface area contributed by atoms with Crippen LogP contribution in [0.15, 0.2) is 47.1 Å². The van der Waals surface area contributed by atoms with Gasteiger partial charge in [-0.1, -0.05) is 10.3 Å². The first-order chi connectivity index (χ1) is 18.9. The number of nitrogens with one attached hydrogen (secondary N) is 1. The van der Waals surface area contributed by atoms with Crippen molar-refractivity contribution in [1.82, 2.24) is 29.2 Å². The Balaban J connectivity index is 1.21. The molecule has 2 aliphatic heterocycles. The third-order valence-electron chi connectivity index (χ3n) is 6.79. The van der Waals surface area contributed by atoms with E-state index < -0.39 is 29.2 Å². The fourth-order valence-corrected chi connectivity index (χ4v) is 6.69. The molecule has 0 aromatic carbocycles. The molecule has 1 aliphatic carbocycles. The average Bonchev–Trinajstić information content (AvgIpc) is 3.69.